The predicted molar refractivity (Wildman–Crippen MR) is 125 cm³/mol. The molecule has 29 heavy (non-hydrogen) atoms. The molecule has 0 atom stereocenters. The molecule has 0 unspecified atom stereocenters. The third-order valence-electron chi connectivity index (χ3n) is 4.40. The zero-order chi connectivity index (χ0) is 20.9. The molecule has 148 valence electrons. The Kier molecular flexibility index (Phi) is 5.78. The van der Waals surface area contributed by atoms with Crippen LogP contribution >= 0.6 is 63.7 Å². The van der Waals surface area contributed by atoms with Gasteiger partial charge in [-0.3, -0.25) is 4.79 Å². The predicted octanol–water partition coefficient (Wildman–Crippen LogP) is 6.65. The number of rotatable bonds is 3. The highest BCUT2D eigenvalue weighted by Gasteiger charge is 2.26. The van der Waals surface area contributed by atoms with Crippen LogP contribution in [0.25, 0.3) is 33.4 Å². The summed E-state index contributed by atoms with van der Waals surface area (Å²) in [5.41, 5.74) is 2.15. The van der Waals surface area contributed by atoms with E-state index in [1.165, 1.54) is 0 Å². The fourth-order valence-corrected chi connectivity index (χ4v) is 5.55. The zero-order valence-electron chi connectivity index (χ0n) is 14.3. The van der Waals surface area contributed by atoms with Gasteiger partial charge in [-0.25, -0.2) is 0 Å². The largest absolute Gasteiger partial charge is 0.505 e. The summed E-state index contributed by atoms with van der Waals surface area (Å²) in [5, 5.41) is 20.3. The number of halogens is 4. The first-order chi connectivity index (χ1) is 13.8. The van der Waals surface area contributed by atoms with Crippen LogP contribution in [-0.4, -0.2) is 17.0 Å². The lowest BCUT2D eigenvalue weighted by Gasteiger charge is -2.19. The molecule has 9 heteroatoms. The van der Waals surface area contributed by atoms with E-state index >= 15 is 0 Å². The topological polar surface area (TPSA) is 79.9 Å². The lowest BCUT2D eigenvalue weighted by atomic mass is 9.93. The number of aromatic hydroxyl groups is 1. The summed E-state index contributed by atoms with van der Waals surface area (Å²) in [5.74, 6) is 0.756. The fourth-order valence-electron chi connectivity index (χ4n) is 3.15. The second-order valence-corrected chi connectivity index (χ2v) is 9.32. The van der Waals surface area contributed by atoms with E-state index in [-0.39, 0.29) is 15.7 Å². The molecule has 0 spiro atoms. The summed E-state index contributed by atoms with van der Waals surface area (Å²) in [4.78, 5) is 12.5. The Hall–Kier alpha value is -1.39. The Balaban J connectivity index is 2.29. The Morgan fingerprint density at radius 1 is 0.966 bits per heavy atom. The van der Waals surface area contributed by atoms with E-state index in [4.69, 9.17) is 9.15 Å². The van der Waals surface area contributed by atoms with Gasteiger partial charge in [-0.1, -0.05) is 18.2 Å². The molecule has 2 N–H and O–H groups in total. The molecule has 0 radical (unpaired) electrons. The molecule has 0 saturated carbocycles. The molecule has 2 aliphatic rings. The Labute approximate surface area is 198 Å². The van der Waals surface area contributed by atoms with Crippen molar-refractivity contribution in [2.75, 3.05) is 6.79 Å². The smallest absolute Gasteiger partial charge is 0.210 e. The summed E-state index contributed by atoms with van der Waals surface area (Å²) in [6.07, 6.45) is 0. The number of hydrogen-bond donors (Lipinski definition) is 2. The molecule has 0 aromatic heterocycles. The minimum atomic E-state index is -0.490. The molecule has 0 bridgehead atoms. The quantitative estimate of drug-likeness (QED) is 0.192. The van der Waals surface area contributed by atoms with Crippen LogP contribution < -0.4 is 10.2 Å². The molecule has 2 aromatic carbocycles. The summed E-state index contributed by atoms with van der Waals surface area (Å²) < 4.78 is 12.9. The summed E-state index contributed by atoms with van der Waals surface area (Å²) >= 11 is 13.4. The SMILES string of the molecule is O=c1c(Br)cc2c(-c3ccccc3OCO)c3cc(Br)c(O)c(Br)c3oc-2c1Br. The molecule has 5 nitrogen and oxygen atoms in total. The van der Waals surface area contributed by atoms with Crippen molar-refractivity contribution in [3.63, 3.8) is 0 Å². The standard InChI is InChI=1S/C20H10Br4O5/c21-11-5-9-14(8-3-1-2-4-13(8)28-7-25)10-6-12(22)18(27)16(24)20(10)29-19(9)15(23)17(11)26/h1-6,25-26H,7H2. The van der Waals surface area contributed by atoms with Crippen molar-refractivity contribution in [1.29, 1.82) is 0 Å². The second-order valence-electron chi connectivity index (χ2n) is 6.02. The van der Waals surface area contributed by atoms with Gasteiger partial charge in [-0.15, -0.1) is 0 Å². The van der Waals surface area contributed by atoms with Gasteiger partial charge in [0.05, 0.1) is 8.95 Å². The normalized spacial score (nSPS) is 11.3. The van der Waals surface area contributed by atoms with Crippen LogP contribution in [0.4, 0.5) is 0 Å². The Bertz CT molecular complexity index is 1300. The number of hydrogen-bond acceptors (Lipinski definition) is 5. The van der Waals surface area contributed by atoms with Gasteiger partial charge in [0.1, 0.15) is 20.4 Å². The number of aliphatic hydroxyl groups is 1. The lowest BCUT2D eigenvalue weighted by molar-refractivity contribution is 0.0991. The van der Waals surface area contributed by atoms with Crippen molar-refractivity contribution >= 4 is 74.7 Å². The maximum Gasteiger partial charge on any atom is 0.210 e. The van der Waals surface area contributed by atoms with Crippen molar-refractivity contribution in [3.8, 4) is 33.9 Å². The fraction of sp³-hybridized carbons (Fsp3) is 0.0500. The highest BCUT2D eigenvalue weighted by atomic mass is 79.9. The summed E-state index contributed by atoms with van der Waals surface area (Å²) in [6, 6.07) is 10.6. The van der Waals surface area contributed by atoms with Crippen molar-refractivity contribution in [3.05, 3.63) is 64.5 Å². The van der Waals surface area contributed by atoms with Crippen LogP contribution in [0.1, 0.15) is 0 Å². The minimum absolute atomic E-state index is 0.0259. The average molecular weight is 650 g/mol. The van der Waals surface area contributed by atoms with Crippen LogP contribution in [0.3, 0.4) is 0 Å². The first kappa shape index (κ1) is 20.9. The third kappa shape index (κ3) is 3.42. The number of phenolic OH excluding ortho intramolecular Hbond substituents is 1. The van der Waals surface area contributed by atoms with Crippen LogP contribution in [0, 0.1) is 0 Å². The van der Waals surface area contributed by atoms with E-state index in [1.54, 1.807) is 24.3 Å². The zero-order valence-corrected chi connectivity index (χ0v) is 20.6. The van der Waals surface area contributed by atoms with Crippen LogP contribution in [0.2, 0.25) is 0 Å². The Morgan fingerprint density at radius 3 is 2.41 bits per heavy atom. The first-order valence-electron chi connectivity index (χ1n) is 8.13. The van der Waals surface area contributed by atoms with E-state index in [9.17, 15) is 15.0 Å². The van der Waals surface area contributed by atoms with E-state index in [1.807, 2.05) is 12.1 Å². The maximum absolute atomic E-state index is 12.5. The third-order valence-corrected chi connectivity index (χ3v) is 7.05. The molecular weight excluding hydrogens is 640 g/mol. The maximum atomic E-state index is 12.5. The van der Waals surface area contributed by atoms with Gasteiger partial charge in [0.25, 0.3) is 0 Å². The van der Waals surface area contributed by atoms with E-state index < -0.39 is 6.79 Å². The highest BCUT2D eigenvalue weighted by Crippen LogP contribution is 2.50. The molecular formula is C20H10Br4O5. The Morgan fingerprint density at radius 2 is 1.69 bits per heavy atom. The number of fused-ring (bicyclic) bond motifs is 2. The molecule has 0 saturated heterocycles. The van der Waals surface area contributed by atoms with Gasteiger partial charge in [0.15, 0.2) is 18.1 Å². The monoisotopic (exact) mass is 646 g/mol. The number of aliphatic hydroxyl groups excluding tert-OH is 1. The van der Waals surface area contributed by atoms with E-state index in [0.717, 1.165) is 0 Å². The van der Waals surface area contributed by atoms with Gasteiger partial charge in [-0.05, 0) is 81.9 Å². The number of para-hydroxylation sites is 1. The molecule has 1 aliphatic carbocycles. The number of ether oxygens (including phenoxy) is 1. The van der Waals surface area contributed by atoms with Crippen LogP contribution in [-0.2, 0) is 0 Å². The van der Waals surface area contributed by atoms with Gasteiger partial charge < -0.3 is 19.4 Å². The van der Waals surface area contributed by atoms with Crippen molar-refractivity contribution < 1.29 is 19.4 Å². The van der Waals surface area contributed by atoms with Gasteiger partial charge in [0.2, 0.25) is 5.43 Å². The summed E-state index contributed by atoms with van der Waals surface area (Å²) in [7, 11) is 0. The molecule has 1 aliphatic heterocycles. The lowest BCUT2D eigenvalue weighted by Crippen LogP contribution is -2.07. The minimum Gasteiger partial charge on any atom is -0.505 e. The van der Waals surface area contributed by atoms with Crippen molar-refractivity contribution in [2.24, 2.45) is 0 Å². The van der Waals surface area contributed by atoms with E-state index in [2.05, 4.69) is 63.7 Å². The molecule has 1 heterocycles. The molecule has 2 aromatic rings. The van der Waals surface area contributed by atoms with Gasteiger partial charge in [0, 0.05) is 22.1 Å². The summed E-state index contributed by atoms with van der Waals surface area (Å²) in [6.45, 7) is -0.490. The molecule has 4 rings (SSSR count). The van der Waals surface area contributed by atoms with Crippen LogP contribution in [0.15, 0.2) is 63.5 Å². The second kappa shape index (κ2) is 8.03. The molecule has 0 fully saturated rings. The number of phenols is 1. The first-order valence-corrected chi connectivity index (χ1v) is 11.3. The average Bonchev–Trinajstić information content (AvgIpc) is 2.71. The number of benzene rings is 3. The van der Waals surface area contributed by atoms with Gasteiger partial charge >= 0.3 is 0 Å². The van der Waals surface area contributed by atoms with E-state index in [0.29, 0.717) is 52.6 Å². The highest BCUT2D eigenvalue weighted by molar-refractivity contribution is 9.11. The van der Waals surface area contributed by atoms with Gasteiger partial charge in [-0.2, -0.15) is 0 Å². The van der Waals surface area contributed by atoms with Crippen LogP contribution in [0.5, 0.6) is 11.5 Å². The molecule has 0 amide bonds. The van der Waals surface area contributed by atoms with Crippen molar-refractivity contribution in [2.45, 2.75) is 0 Å². The van der Waals surface area contributed by atoms with Crippen molar-refractivity contribution in [1.82, 2.24) is 0 Å².